The lowest BCUT2D eigenvalue weighted by atomic mass is 9.93. The fraction of sp³-hybridized carbons (Fsp3) is 0.0870. The van der Waals surface area contributed by atoms with E-state index in [0.717, 1.165) is 0 Å². The summed E-state index contributed by atoms with van der Waals surface area (Å²) in [5.41, 5.74) is 17.5. The van der Waals surface area contributed by atoms with E-state index in [1.54, 1.807) is 0 Å². The summed E-state index contributed by atoms with van der Waals surface area (Å²) in [6, 6.07) is 53.5. The largest absolute Gasteiger partial charge is 0.309 e. The SMILES string of the molecule is Cc1cc(-n2c3ccccc3c3ccccc32)c(C)cc1-c1ccc(-c2cc(C)c(-n3c4ccccc4c4ccccc43)cc2C)cc1. The van der Waals surface area contributed by atoms with E-state index in [9.17, 15) is 0 Å². The molecule has 0 saturated carbocycles. The van der Waals surface area contributed by atoms with Crippen molar-refractivity contribution in [1.29, 1.82) is 0 Å². The summed E-state index contributed by atoms with van der Waals surface area (Å²) in [6.45, 7) is 8.95. The van der Waals surface area contributed by atoms with Crippen molar-refractivity contribution in [1.82, 2.24) is 9.13 Å². The molecule has 0 radical (unpaired) electrons. The van der Waals surface area contributed by atoms with Crippen LogP contribution in [0.15, 0.2) is 146 Å². The van der Waals surface area contributed by atoms with Crippen LogP contribution in [0.2, 0.25) is 0 Å². The lowest BCUT2D eigenvalue weighted by Crippen LogP contribution is -1.99. The van der Waals surface area contributed by atoms with Gasteiger partial charge in [-0.05, 0) is 121 Å². The van der Waals surface area contributed by atoms with Gasteiger partial charge in [-0.25, -0.2) is 0 Å². The molecular weight excluding hydrogens is 581 g/mol. The lowest BCUT2D eigenvalue weighted by molar-refractivity contribution is 1.14. The third-order valence-corrected chi connectivity index (χ3v) is 10.2. The number of para-hydroxylation sites is 4. The Hall–Kier alpha value is -5.86. The number of fused-ring (bicyclic) bond motifs is 6. The Kier molecular flexibility index (Phi) is 6.42. The molecule has 9 rings (SSSR count). The molecule has 0 aliphatic heterocycles. The van der Waals surface area contributed by atoms with Gasteiger partial charge in [0.1, 0.15) is 0 Å². The molecular formula is C46H36N2. The van der Waals surface area contributed by atoms with Gasteiger partial charge in [0.25, 0.3) is 0 Å². The maximum absolute atomic E-state index is 2.42. The van der Waals surface area contributed by atoms with E-state index in [1.807, 2.05) is 0 Å². The van der Waals surface area contributed by atoms with Gasteiger partial charge in [0.15, 0.2) is 0 Å². The molecule has 0 atom stereocenters. The highest BCUT2D eigenvalue weighted by atomic mass is 15.0. The summed E-state index contributed by atoms with van der Waals surface area (Å²) in [5, 5.41) is 5.16. The van der Waals surface area contributed by atoms with Crippen LogP contribution in [-0.2, 0) is 0 Å². The predicted molar refractivity (Wildman–Crippen MR) is 205 cm³/mol. The van der Waals surface area contributed by atoms with Gasteiger partial charge in [-0.3, -0.25) is 0 Å². The number of rotatable bonds is 4. The molecule has 0 aliphatic carbocycles. The first-order valence-corrected chi connectivity index (χ1v) is 16.8. The third-order valence-electron chi connectivity index (χ3n) is 10.2. The first kappa shape index (κ1) is 28.4. The molecule has 0 amide bonds. The highest BCUT2D eigenvalue weighted by molar-refractivity contribution is 6.10. The fourth-order valence-corrected chi connectivity index (χ4v) is 7.90. The van der Waals surface area contributed by atoms with Gasteiger partial charge in [-0.1, -0.05) is 97.1 Å². The van der Waals surface area contributed by atoms with Crippen LogP contribution in [0.5, 0.6) is 0 Å². The summed E-state index contributed by atoms with van der Waals surface area (Å²) in [6.07, 6.45) is 0. The highest BCUT2D eigenvalue weighted by Gasteiger charge is 2.17. The molecule has 2 heterocycles. The molecule has 2 nitrogen and oxygen atoms in total. The molecule has 0 fully saturated rings. The van der Waals surface area contributed by atoms with Gasteiger partial charge in [-0.2, -0.15) is 0 Å². The molecule has 0 saturated heterocycles. The normalized spacial score (nSPS) is 11.8. The summed E-state index contributed by atoms with van der Waals surface area (Å²) >= 11 is 0. The Bertz CT molecular complexity index is 2400. The van der Waals surface area contributed by atoms with Crippen LogP contribution < -0.4 is 0 Å². The van der Waals surface area contributed by atoms with Crippen molar-refractivity contribution in [3.8, 4) is 33.6 Å². The second-order valence-corrected chi connectivity index (χ2v) is 13.2. The lowest BCUT2D eigenvalue weighted by Gasteiger charge is -2.17. The molecule has 0 bridgehead atoms. The summed E-state index contributed by atoms with van der Waals surface area (Å²) < 4.78 is 4.85. The van der Waals surface area contributed by atoms with E-state index in [4.69, 9.17) is 0 Å². The van der Waals surface area contributed by atoms with Gasteiger partial charge >= 0.3 is 0 Å². The Morgan fingerprint density at radius 1 is 0.312 bits per heavy atom. The molecule has 7 aromatic carbocycles. The second-order valence-electron chi connectivity index (χ2n) is 13.2. The van der Waals surface area contributed by atoms with Crippen LogP contribution in [0.25, 0.3) is 77.2 Å². The highest BCUT2D eigenvalue weighted by Crippen LogP contribution is 2.38. The van der Waals surface area contributed by atoms with E-state index in [1.165, 1.54) is 99.5 Å². The van der Waals surface area contributed by atoms with Gasteiger partial charge in [0.2, 0.25) is 0 Å². The van der Waals surface area contributed by atoms with Crippen molar-refractivity contribution >= 4 is 43.6 Å². The van der Waals surface area contributed by atoms with Crippen LogP contribution in [-0.4, -0.2) is 9.13 Å². The topological polar surface area (TPSA) is 9.86 Å². The Morgan fingerprint density at radius 2 is 0.604 bits per heavy atom. The quantitative estimate of drug-likeness (QED) is 0.186. The number of aryl methyl sites for hydroxylation is 4. The number of nitrogens with zero attached hydrogens (tertiary/aromatic N) is 2. The summed E-state index contributed by atoms with van der Waals surface area (Å²) in [5.74, 6) is 0. The minimum Gasteiger partial charge on any atom is -0.309 e. The minimum absolute atomic E-state index is 1.24. The van der Waals surface area contributed by atoms with Crippen molar-refractivity contribution in [3.63, 3.8) is 0 Å². The van der Waals surface area contributed by atoms with Crippen LogP contribution >= 0.6 is 0 Å². The van der Waals surface area contributed by atoms with Crippen LogP contribution in [0.4, 0.5) is 0 Å². The van der Waals surface area contributed by atoms with Gasteiger partial charge in [0, 0.05) is 32.9 Å². The average Bonchev–Trinajstić information content (AvgIpc) is 3.63. The van der Waals surface area contributed by atoms with E-state index >= 15 is 0 Å². The molecule has 0 N–H and O–H groups in total. The van der Waals surface area contributed by atoms with Gasteiger partial charge in [-0.15, -0.1) is 0 Å². The third kappa shape index (κ3) is 4.26. The standard InChI is InChI=1S/C46H36N2/c1-29-27-45(47-41-17-9-5-13-35(41)36-14-6-10-18-42(36)47)31(3)25-39(29)33-21-23-34(24-22-33)40-26-32(4)46(28-30(40)2)48-43-19-11-7-15-37(43)38-16-8-12-20-44(38)48/h5-28H,1-4H3. The monoisotopic (exact) mass is 616 g/mol. The van der Waals surface area contributed by atoms with Crippen molar-refractivity contribution in [3.05, 3.63) is 168 Å². The summed E-state index contributed by atoms with van der Waals surface area (Å²) in [7, 11) is 0. The Morgan fingerprint density at radius 3 is 0.917 bits per heavy atom. The zero-order valence-electron chi connectivity index (χ0n) is 27.8. The molecule has 0 aliphatic rings. The molecule has 9 aromatic rings. The number of hydrogen-bond donors (Lipinski definition) is 0. The molecule has 230 valence electrons. The number of hydrogen-bond acceptors (Lipinski definition) is 0. The van der Waals surface area contributed by atoms with E-state index < -0.39 is 0 Å². The molecule has 48 heavy (non-hydrogen) atoms. The average molecular weight is 617 g/mol. The predicted octanol–water partition coefficient (Wildman–Crippen LogP) is 12.4. The maximum atomic E-state index is 2.42. The Labute approximate surface area is 281 Å². The number of benzene rings is 7. The maximum Gasteiger partial charge on any atom is 0.0541 e. The zero-order valence-corrected chi connectivity index (χ0v) is 27.8. The first-order valence-electron chi connectivity index (χ1n) is 16.8. The van der Waals surface area contributed by atoms with Gasteiger partial charge < -0.3 is 9.13 Å². The molecule has 0 unspecified atom stereocenters. The minimum atomic E-state index is 1.24. The van der Waals surface area contributed by atoms with Crippen molar-refractivity contribution in [2.45, 2.75) is 27.7 Å². The van der Waals surface area contributed by atoms with Crippen LogP contribution in [0.1, 0.15) is 22.3 Å². The second kappa shape index (κ2) is 10.9. The van der Waals surface area contributed by atoms with E-state index in [0.29, 0.717) is 0 Å². The van der Waals surface area contributed by atoms with Crippen molar-refractivity contribution < 1.29 is 0 Å². The molecule has 0 spiro atoms. The zero-order chi connectivity index (χ0) is 32.5. The van der Waals surface area contributed by atoms with Crippen LogP contribution in [0, 0.1) is 27.7 Å². The number of aromatic nitrogens is 2. The van der Waals surface area contributed by atoms with Gasteiger partial charge in [0.05, 0.1) is 22.1 Å². The van der Waals surface area contributed by atoms with Crippen molar-refractivity contribution in [2.75, 3.05) is 0 Å². The Balaban J connectivity index is 1.09. The smallest absolute Gasteiger partial charge is 0.0541 e. The summed E-state index contributed by atoms with van der Waals surface area (Å²) in [4.78, 5) is 0. The van der Waals surface area contributed by atoms with E-state index in [2.05, 4.69) is 182 Å². The molecule has 2 heteroatoms. The fourth-order valence-electron chi connectivity index (χ4n) is 7.90. The van der Waals surface area contributed by atoms with E-state index in [-0.39, 0.29) is 0 Å². The van der Waals surface area contributed by atoms with Crippen molar-refractivity contribution in [2.24, 2.45) is 0 Å². The van der Waals surface area contributed by atoms with Crippen LogP contribution in [0.3, 0.4) is 0 Å². The molecule has 2 aromatic heterocycles. The first-order chi connectivity index (χ1) is 23.5.